The number of carbonyl (C=O) groups excluding carboxylic acids is 1. The molecule has 0 saturated carbocycles. The van der Waals surface area contributed by atoms with Crippen molar-refractivity contribution >= 4 is 5.97 Å². The average molecular weight is 278 g/mol. The summed E-state index contributed by atoms with van der Waals surface area (Å²) in [7, 11) is 3.07. The number of methoxy groups -OCH3 is 2. The highest BCUT2D eigenvalue weighted by Gasteiger charge is 2.38. The first-order chi connectivity index (χ1) is 9.46. The second-order valence-electron chi connectivity index (χ2n) is 5.60. The Morgan fingerprint density at radius 3 is 2.35 bits per heavy atom. The molecule has 4 nitrogen and oxygen atoms in total. The lowest BCUT2D eigenvalue weighted by molar-refractivity contribution is -0.201. The van der Waals surface area contributed by atoms with Crippen molar-refractivity contribution in [1.29, 1.82) is 0 Å². The molecule has 1 saturated heterocycles. The first-order valence-corrected chi connectivity index (χ1v) is 6.85. The largest absolute Gasteiger partial charge is 0.468 e. The molecule has 1 aromatic rings. The van der Waals surface area contributed by atoms with Crippen LogP contribution in [0.5, 0.6) is 0 Å². The van der Waals surface area contributed by atoms with Crippen molar-refractivity contribution < 1.29 is 19.0 Å². The summed E-state index contributed by atoms with van der Waals surface area (Å²) in [5.74, 6) is -0.877. The Kier molecular flexibility index (Phi) is 4.16. The maximum Gasteiger partial charge on any atom is 0.315 e. The van der Waals surface area contributed by atoms with Crippen LogP contribution < -0.4 is 0 Å². The number of hydrogen-bond donors (Lipinski definition) is 0. The first-order valence-electron chi connectivity index (χ1n) is 6.85. The van der Waals surface area contributed by atoms with E-state index in [1.54, 1.807) is 7.11 Å². The molecule has 1 atom stereocenters. The van der Waals surface area contributed by atoms with Crippen LogP contribution in [0, 0.1) is 0 Å². The lowest BCUT2D eigenvalue weighted by Gasteiger charge is -2.28. The van der Waals surface area contributed by atoms with Crippen LogP contribution in [-0.4, -0.2) is 26.8 Å². The molecule has 0 aliphatic carbocycles. The molecule has 0 bridgehead atoms. The van der Waals surface area contributed by atoms with Crippen molar-refractivity contribution in [2.75, 3.05) is 20.8 Å². The Balaban J connectivity index is 2.28. The SMILES string of the molecule is COC(=O)C(C)(C)c1ccc(C2(OC)CCCO2)cc1. The van der Waals surface area contributed by atoms with E-state index in [-0.39, 0.29) is 5.97 Å². The van der Waals surface area contributed by atoms with Crippen LogP contribution in [0.15, 0.2) is 24.3 Å². The van der Waals surface area contributed by atoms with Gasteiger partial charge in [-0.3, -0.25) is 4.79 Å². The van der Waals surface area contributed by atoms with Crippen molar-refractivity contribution in [2.24, 2.45) is 0 Å². The van der Waals surface area contributed by atoms with E-state index in [0.29, 0.717) is 6.61 Å². The van der Waals surface area contributed by atoms with Crippen molar-refractivity contribution in [2.45, 2.75) is 37.9 Å². The molecule has 1 aliphatic heterocycles. The zero-order valence-corrected chi connectivity index (χ0v) is 12.6. The van der Waals surface area contributed by atoms with Crippen LogP contribution in [0.3, 0.4) is 0 Å². The molecule has 0 N–H and O–H groups in total. The van der Waals surface area contributed by atoms with E-state index in [1.807, 2.05) is 38.1 Å². The van der Waals surface area contributed by atoms with Gasteiger partial charge in [-0.05, 0) is 25.8 Å². The van der Waals surface area contributed by atoms with E-state index in [1.165, 1.54) is 7.11 Å². The molecule has 1 fully saturated rings. The van der Waals surface area contributed by atoms with Crippen molar-refractivity contribution in [3.63, 3.8) is 0 Å². The van der Waals surface area contributed by atoms with Crippen LogP contribution in [-0.2, 0) is 30.2 Å². The molecule has 0 radical (unpaired) electrons. The fraction of sp³-hybridized carbons (Fsp3) is 0.562. The van der Waals surface area contributed by atoms with Crippen molar-refractivity contribution in [3.05, 3.63) is 35.4 Å². The normalized spacial score (nSPS) is 22.8. The molecule has 1 aliphatic rings. The summed E-state index contributed by atoms with van der Waals surface area (Å²) in [5, 5.41) is 0. The van der Waals surface area contributed by atoms with Gasteiger partial charge in [0.15, 0.2) is 5.79 Å². The third kappa shape index (κ3) is 2.45. The number of ether oxygens (including phenoxy) is 3. The summed E-state index contributed by atoms with van der Waals surface area (Å²) in [6.07, 6.45) is 1.84. The number of carbonyl (C=O) groups is 1. The molecular formula is C16H22O4. The standard InChI is InChI=1S/C16H22O4/c1-15(2,14(17)18-3)12-6-8-13(9-7-12)16(19-4)10-5-11-20-16/h6-9H,5,10-11H2,1-4H3. The van der Waals surface area contributed by atoms with Crippen LogP contribution in [0.4, 0.5) is 0 Å². The van der Waals surface area contributed by atoms with Gasteiger partial charge in [-0.1, -0.05) is 24.3 Å². The van der Waals surface area contributed by atoms with Gasteiger partial charge in [-0.15, -0.1) is 0 Å². The third-order valence-electron chi connectivity index (χ3n) is 4.06. The minimum absolute atomic E-state index is 0.246. The van der Waals surface area contributed by atoms with E-state index >= 15 is 0 Å². The van der Waals surface area contributed by atoms with E-state index < -0.39 is 11.2 Å². The topological polar surface area (TPSA) is 44.8 Å². The van der Waals surface area contributed by atoms with Crippen molar-refractivity contribution in [3.8, 4) is 0 Å². The average Bonchev–Trinajstić information content (AvgIpc) is 2.96. The molecule has 1 heterocycles. The van der Waals surface area contributed by atoms with Crippen LogP contribution >= 0.6 is 0 Å². The maximum atomic E-state index is 11.8. The number of rotatable bonds is 4. The van der Waals surface area contributed by atoms with Gasteiger partial charge in [0.2, 0.25) is 0 Å². The third-order valence-corrected chi connectivity index (χ3v) is 4.06. The minimum Gasteiger partial charge on any atom is -0.468 e. The Morgan fingerprint density at radius 2 is 1.90 bits per heavy atom. The summed E-state index contributed by atoms with van der Waals surface area (Å²) in [6.45, 7) is 4.42. The summed E-state index contributed by atoms with van der Waals surface area (Å²) in [4.78, 5) is 11.8. The highest BCUT2D eigenvalue weighted by molar-refractivity contribution is 5.82. The zero-order chi connectivity index (χ0) is 14.8. The lowest BCUT2D eigenvalue weighted by Crippen LogP contribution is -2.31. The van der Waals surface area contributed by atoms with Gasteiger partial charge in [0.25, 0.3) is 0 Å². The van der Waals surface area contributed by atoms with E-state index in [2.05, 4.69) is 0 Å². The second kappa shape index (κ2) is 5.54. The molecule has 1 unspecified atom stereocenters. The van der Waals surface area contributed by atoms with Gasteiger partial charge in [-0.2, -0.15) is 0 Å². The monoisotopic (exact) mass is 278 g/mol. The van der Waals surface area contributed by atoms with Gasteiger partial charge >= 0.3 is 5.97 Å². The number of esters is 1. The quantitative estimate of drug-likeness (QED) is 0.794. The molecule has 0 spiro atoms. The highest BCUT2D eigenvalue weighted by atomic mass is 16.7. The maximum absolute atomic E-state index is 11.8. The van der Waals surface area contributed by atoms with Crippen LogP contribution in [0.2, 0.25) is 0 Å². The molecule has 2 rings (SSSR count). The lowest BCUT2D eigenvalue weighted by atomic mass is 9.84. The van der Waals surface area contributed by atoms with Gasteiger partial charge in [0.1, 0.15) is 0 Å². The predicted molar refractivity (Wildman–Crippen MR) is 75.4 cm³/mol. The molecular weight excluding hydrogens is 256 g/mol. The Morgan fingerprint density at radius 1 is 1.25 bits per heavy atom. The van der Waals surface area contributed by atoms with Gasteiger partial charge in [0, 0.05) is 19.1 Å². The zero-order valence-electron chi connectivity index (χ0n) is 12.6. The van der Waals surface area contributed by atoms with Crippen LogP contribution in [0.1, 0.15) is 37.8 Å². The first kappa shape index (κ1) is 15.0. The fourth-order valence-electron chi connectivity index (χ4n) is 2.63. The van der Waals surface area contributed by atoms with E-state index in [4.69, 9.17) is 14.2 Å². The smallest absolute Gasteiger partial charge is 0.315 e. The van der Waals surface area contributed by atoms with E-state index in [9.17, 15) is 4.79 Å². The van der Waals surface area contributed by atoms with E-state index in [0.717, 1.165) is 24.0 Å². The number of benzene rings is 1. The Hall–Kier alpha value is -1.39. The second-order valence-corrected chi connectivity index (χ2v) is 5.60. The number of hydrogen-bond acceptors (Lipinski definition) is 4. The van der Waals surface area contributed by atoms with Gasteiger partial charge in [0.05, 0.1) is 19.1 Å². The van der Waals surface area contributed by atoms with Gasteiger partial charge in [-0.25, -0.2) is 0 Å². The molecule has 0 aromatic heterocycles. The summed E-state index contributed by atoms with van der Waals surface area (Å²) in [6, 6.07) is 7.81. The highest BCUT2D eigenvalue weighted by Crippen LogP contribution is 2.37. The molecule has 4 heteroatoms. The molecule has 1 aromatic carbocycles. The van der Waals surface area contributed by atoms with Crippen molar-refractivity contribution in [1.82, 2.24) is 0 Å². The van der Waals surface area contributed by atoms with Gasteiger partial charge < -0.3 is 14.2 Å². The molecule has 110 valence electrons. The summed E-state index contributed by atoms with van der Waals surface area (Å²) < 4.78 is 16.2. The van der Waals surface area contributed by atoms with Crippen LogP contribution in [0.25, 0.3) is 0 Å². The minimum atomic E-state index is -0.663. The fourth-order valence-corrected chi connectivity index (χ4v) is 2.63. The summed E-state index contributed by atoms with van der Waals surface area (Å²) >= 11 is 0. The molecule has 20 heavy (non-hydrogen) atoms. The summed E-state index contributed by atoms with van der Waals surface area (Å²) in [5.41, 5.74) is 1.24. The predicted octanol–water partition coefficient (Wildman–Crippen LogP) is 2.75. The molecule has 0 amide bonds. The Labute approximate surface area is 120 Å². The Bertz CT molecular complexity index is 470.